The third-order valence-electron chi connectivity index (χ3n) is 3.92. The molecule has 1 unspecified atom stereocenters. The molecule has 0 saturated heterocycles. The molecule has 138 valence electrons. The van der Waals surface area contributed by atoms with Crippen molar-refractivity contribution in [1.82, 2.24) is 10.6 Å². The second kappa shape index (κ2) is 8.99. The van der Waals surface area contributed by atoms with Crippen LogP contribution in [-0.2, 0) is 14.4 Å². The molecule has 2 rings (SSSR count). The molecule has 0 aliphatic carbocycles. The lowest BCUT2D eigenvalue weighted by Gasteiger charge is -2.16. The number of nitrogens with one attached hydrogen (secondary N) is 2. The van der Waals surface area contributed by atoms with Crippen molar-refractivity contribution < 1.29 is 19.5 Å². The lowest BCUT2D eigenvalue weighted by molar-refractivity contribution is -0.142. The quantitative estimate of drug-likeness (QED) is 0.678. The van der Waals surface area contributed by atoms with E-state index in [0.717, 1.165) is 10.8 Å². The van der Waals surface area contributed by atoms with E-state index in [4.69, 9.17) is 0 Å². The fourth-order valence-electron chi connectivity index (χ4n) is 2.71. The van der Waals surface area contributed by atoms with Gasteiger partial charge in [-0.05, 0) is 42.7 Å². The predicted molar refractivity (Wildman–Crippen MR) is 99.6 cm³/mol. The van der Waals surface area contributed by atoms with E-state index in [9.17, 15) is 19.5 Å². The molecule has 2 aromatic rings. The Bertz CT molecular complexity index is 801. The first-order chi connectivity index (χ1) is 12.4. The van der Waals surface area contributed by atoms with Crippen LogP contribution in [0, 0.1) is 0 Å². The average Bonchev–Trinajstić information content (AvgIpc) is 2.58. The van der Waals surface area contributed by atoms with Crippen LogP contribution in [0.3, 0.4) is 0 Å². The Morgan fingerprint density at radius 1 is 0.923 bits per heavy atom. The van der Waals surface area contributed by atoms with Gasteiger partial charge in [-0.25, -0.2) is 4.79 Å². The first-order valence-electron chi connectivity index (χ1n) is 8.67. The highest BCUT2D eigenvalue weighted by molar-refractivity contribution is 5.88. The van der Waals surface area contributed by atoms with Gasteiger partial charge in [-0.1, -0.05) is 36.4 Å². The Labute approximate surface area is 152 Å². The predicted octanol–water partition coefficient (Wildman–Crippen LogP) is 2.78. The minimum Gasteiger partial charge on any atom is -0.479 e. The molecule has 0 aromatic heterocycles. The number of carboxylic acid groups (broad SMARTS) is 1. The molecule has 3 N–H and O–H groups in total. The van der Waals surface area contributed by atoms with Crippen molar-refractivity contribution >= 4 is 28.6 Å². The average molecular weight is 356 g/mol. The fourth-order valence-corrected chi connectivity index (χ4v) is 2.71. The maximum absolute atomic E-state index is 12.1. The lowest BCUT2D eigenvalue weighted by atomic mass is 10.0. The number of amides is 2. The van der Waals surface area contributed by atoms with E-state index in [1.165, 1.54) is 0 Å². The van der Waals surface area contributed by atoms with Gasteiger partial charge in [0.2, 0.25) is 11.8 Å². The summed E-state index contributed by atoms with van der Waals surface area (Å²) in [6, 6.07) is 11.9. The van der Waals surface area contributed by atoms with Crippen LogP contribution in [0.25, 0.3) is 10.8 Å². The first kappa shape index (κ1) is 19.4. The highest BCUT2D eigenvalue weighted by Crippen LogP contribution is 2.21. The smallest absolute Gasteiger partial charge is 0.330 e. The number of benzene rings is 2. The zero-order chi connectivity index (χ0) is 19.1. The van der Waals surface area contributed by atoms with Gasteiger partial charge in [0.15, 0.2) is 6.04 Å². The van der Waals surface area contributed by atoms with Gasteiger partial charge < -0.3 is 15.7 Å². The summed E-state index contributed by atoms with van der Waals surface area (Å²) in [6.45, 7) is 3.73. The van der Waals surface area contributed by atoms with Crippen molar-refractivity contribution in [2.24, 2.45) is 0 Å². The van der Waals surface area contributed by atoms with Gasteiger partial charge >= 0.3 is 5.97 Å². The van der Waals surface area contributed by atoms with Crippen molar-refractivity contribution in [2.75, 3.05) is 0 Å². The van der Waals surface area contributed by atoms with Crippen molar-refractivity contribution in [3.05, 3.63) is 48.0 Å². The van der Waals surface area contributed by atoms with Crippen LogP contribution < -0.4 is 10.6 Å². The second-order valence-corrected chi connectivity index (χ2v) is 6.52. The molecule has 2 aromatic carbocycles. The summed E-state index contributed by atoms with van der Waals surface area (Å²) in [5, 5.41) is 16.7. The minimum absolute atomic E-state index is 0.0561. The van der Waals surface area contributed by atoms with Crippen molar-refractivity contribution in [3.8, 4) is 0 Å². The van der Waals surface area contributed by atoms with Gasteiger partial charge in [0.1, 0.15) is 0 Å². The standard InChI is InChI=1S/C20H24N2O4/c1-13(2)21-17(23)8-5-9-18(24)22-19(20(25)26)16-11-10-14-6-3-4-7-15(14)12-16/h3-4,6-7,10-13,19H,5,8-9H2,1-2H3,(H,21,23)(H,22,24)(H,25,26). The zero-order valence-corrected chi connectivity index (χ0v) is 15.0. The molecule has 0 aliphatic heterocycles. The summed E-state index contributed by atoms with van der Waals surface area (Å²) < 4.78 is 0. The maximum atomic E-state index is 12.1. The summed E-state index contributed by atoms with van der Waals surface area (Å²) in [5.41, 5.74) is 0.516. The SMILES string of the molecule is CC(C)NC(=O)CCCC(=O)NC(C(=O)O)c1ccc2ccccc2c1. The van der Waals surface area contributed by atoms with Gasteiger partial charge in [-0.15, -0.1) is 0 Å². The molecule has 6 nitrogen and oxygen atoms in total. The van der Waals surface area contributed by atoms with Gasteiger partial charge in [-0.2, -0.15) is 0 Å². The van der Waals surface area contributed by atoms with E-state index in [1.807, 2.05) is 44.2 Å². The molecule has 0 spiro atoms. The Hall–Kier alpha value is -2.89. The third-order valence-corrected chi connectivity index (χ3v) is 3.92. The van der Waals surface area contributed by atoms with Crippen LogP contribution in [0.1, 0.15) is 44.7 Å². The normalized spacial score (nSPS) is 12.0. The Kier molecular flexibility index (Phi) is 6.72. The van der Waals surface area contributed by atoms with Crippen LogP contribution in [-0.4, -0.2) is 28.9 Å². The van der Waals surface area contributed by atoms with E-state index < -0.39 is 12.0 Å². The molecule has 26 heavy (non-hydrogen) atoms. The highest BCUT2D eigenvalue weighted by Gasteiger charge is 2.22. The van der Waals surface area contributed by atoms with E-state index >= 15 is 0 Å². The molecule has 0 aliphatic rings. The Balaban J connectivity index is 1.97. The Morgan fingerprint density at radius 3 is 2.15 bits per heavy atom. The molecule has 6 heteroatoms. The van der Waals surface area contributed by atoms with Crippen LogP contribution >= 0.6 is 0 Å². The largest absolute Gasteiger partial charge is 0.479 e. The number of rotatable bonds is 8. The lowest BCUT2D eigenvalue weighted by Crippen LogP contribution is -2.34. The van der Waals surface area contributed by atoms with Gasteiger partial charge in [0, 0.05) is 18.9 Å². The number of hydrogen-bond donors (Lipinski definition) is 3. The van der Waals surface area contributed by atoms with Crippen molar-refractivity contribution in [1.29, 1.82) is 0 Å². The number of fused-ring (bicyclic) bond motifs is 1. The molecular formula is C20H24N2O4. The van der Waals surface area contributed by atoms with Crippen LogP contribution in [0.2, 0.25) is 0 Å². The summed E-state index contributed by atoms with van der Waals surface area (Å²) in [6.07, 6.45) is 0.705. The highest BCUT2D eigenvalue weighted by atomic mass is 16.4. The summed E-state index contributed by atoms with van der Waals surface area (Å²) in [5.74, 6) is -1.62. The monoisotopic (exact) mass is 356 g/mol. The molecule has 0 saturated carbocycles. The van der Waals surface area contributed by atoms with Gasteiger partial charge in [-0.3, -0.25) is 9.59 Å². The number of aliphatic carboxylic acids is 1. The fraction of sp³-hybridized carbons (Fsp3) is 0.350. The summed E-state index contributed by atoms with van der Waals surface area (Å²) in [7, 11) is 0. The van der Waals surface area contributed by atoms with Gasteiger partial charge in [0.05, 0.1) is 0 Å². The molecule has 0 heterocycles. The van der Waals surface area contributed by atoms with E-state index in [0.29, 0.717) is 12.0 Å². The first-order valence-corrected chi connectivity index (χ1v) is 8.67. The maximum Gasteiger partial charge on any atom is 0.330 e. The molecule has 0 fully saturated rings. The zero-order valence-electron chi connectivity index (χ0n) is 15.0. The van der Waals surface area contributed by atoms with Crippen LogP contribution in [0.4, 0.5) is 0 Å². The van der Waals surface area contributed by atoms with Crippen LogP contribution in [0.5, 0.6) is 0 Å². The number of carbonyl (C=O) groups excluding carboxylic acids is 2. The van der Waals surface area contributed by atoms with E-state index in [1.54, 1.807) is 12.1 Å². The van der Waals surface area contributed by atoms with Crippen molar-refractivity contribution in [2.45, 2.75) is 45.2 Å². The van der Waals surface area contributed by atoms with Crippen LogP contribution in [0.15, 0.2) is 42.5 Å². The molecule has 1 atom stereocenters. The van der Waals surface area contributed by atoms with E-state index in [-0.39, 0.29) is 30.7 Å². The second-order valence-electron chi connectivity index (χ2n) is 6.52. The molecule has 0 radical (unpaired) electrons. The molecular weight excluding hydrogens is 332 g/mol. The van der Waals surface area contributed by atoms with Gasteiger partial charge in [0.25, 0.3) is 0 Å². The molecule has 0 bridgehead atoms. The number of hydrogen-bond acceptors (Lipinski definition) is 3. The number of carboxylic acids is 1. The summed E-state index contributed by atoms with van der Waals surface area (Å²) in [4.78, 5) is 35.3. The number of carbonyl (C=O) groups is 3. The van der Waals surface area contributed by atoms with E-state index in [2.05, 4.69) is 10.6 Å². The Morgan fingerprint density at radius 2 is 1.54 bits per heavy atom. The van der Waals surface area contributed by atoms with Crippen molar-refractivity contribution in [3.63, 3.8) is 0 Å². The molecule has 2 amide bonds. The third kappa shape index (κ3) is 5.58. The summed E-state index contributed by atoms with van der Waals surface area (Å²) >= 11 is 0. The topological polar surface area (TPSA) is 95.5 Å². The minimum atomic E-state index is -1.12.